The zero-order chi connectivity index (χ0) is 13.4. The maximum atomic E-state index is 11.2. The van der Waals surface area contributed by atoms with Gasteiger partial charge in [-0.25, -0.2) is 9.78 Å². The molecular weight excluding hydrogens is 242 g/mol. The van der Waals surface area contributed by atoms with Gasteiger partial charge in [-0.3, -0.25) is 0 Å². The second-order valence-electron chi connectivity index (χ2n) is 5.79. The Morgan fingerprint density at radius 3 is 2.95 bits per heavy atom. The Bertz CT molecular complexity index is 503. The van der Waals surface area contributed by atoms with Gasteiger partial charge in [0.1, 0.15) is 11.4 Å². The van der Waals surface area contributed by atoms with Crippen LogP contribution >= 0.6 is 0 Å². The summed E-state index contributed by atoms with van der Waals surface area (Å²) in [5.41, 5.74) is 6.11. The Balaban J connectivity index is 1.68. The van der Waals surface area contributed by atoms with Gasteiger partial charge in [-0.15, -0.1) is 0 Å². The number of carbonyl (C=O) groups is 1. The molecule has 102 valence electrons. The highest BCUT2D eigenvalue weighted by molar-refractivity contribution is 5.94. The van der Waals surface area contributed by atoms with E-state index in [0.717, 1.165) is 18.4 Å². The molecule has 2 fully saturated rings. The van der Waals surface area contributed by atoms with Crippen LogP contribution in [-0.4, -0.2) is 22.6 Å². The molecule has 2 saturated carbocycles. The fourth-order valence-electron chi connectivity index (χ4n) is 3.64. The van der Waals surface area contributed by atoms with Crippen molar-refractivity contribution in [3.05, 3.63) is 17.8 Å². The van der Waals surface area contributed by atoms with E-state index in [2.05, 4.69) is 10.3 Å². The summed E-state index contributed by atoms with van der Waals surface area (Å²) in [6, 6.07) is 1.46. The van der Waals surface area contributed by atoms with Crippen molar-refractivity contribution in [3.63, 3.8) is 0 Å². The minimum absolute atomic E-state index is 0.156. The van der Waals surface area contributed by atoms with Crippen LogP contribution < -0.4 is 11.1 Å². The van der Waals surface area contributed by atoms with Gasteiger partial charge < -0.3 is 16.2 Å². The van der Waals surface area contributed by atoms with Gasteiger partial charge in [-0.05, 0) is 43.1 Å². The predicted molar refractivity (Wildman–Crippen MR) is 73.0 cm³/mol. The lowest BCUT2D eigenvalue weighted by Crippen LogP contribution is -2.21. The molecule has 0 aliphatic heterocycles. The Hall–Kier alpha value is -1.78. The van der Waals surface area contributed by atoms with Crippen molar-refractivity contribution in [2.45, 2.75) is 25.7 Å². The maximum absolute atomic E-state index is 11.2. The number of rotatable bonds is 4. The minimum Gasteiger partial charge on any atom is -0.478 e. The molecule has 1 heterocycles. The fraction of sp³-hybridized carbons (Fsp3) is 0.571. The highest BCUT2D eigenvalue weighted by Crippen LogP contribution is 2.48. The van der Waals surface area contributed by atoms with Gasteiger partial charge in [0.05, 0.1) is 11.9 Å². The van der Waals surface area contributed by atoms with Crippen LogP contribution in [0.5, 0.6) is 0 Å². The van der Waals surface area contributed by atoms with E-state index in [0.29, 0.717) is 17.4 Å². The van der Waals surface area contributed by atoms with Crippen molar-refractivity contribution in [1.29, 1.82) is 0 Å². The summed E-state index contributed by atoms with van der Waals surface area (Å²) in [6.07, 6.45) is 6.83. The first-order valence-corrected chi connectivity index (χ1v) is 6.86. The fourth-order valence-corrected chi connectivity index (χ4v) is 3.64. The Kier molecular flexibility index (Phi) is 3.05. The molecule has 4 N–H and O–H groups in total. The number of nitrogens with zero attached hydrogens (tertiary/aromatic N) is 1. The molecule has 0 spiro atoms. The van der Waals surface area contributed by atoms with Crippen LogP contribution in [0, 0.1) is 17.8 Å². The maximum Gasteiger partial charge on any atom is 0.339 e. The summed E-state index contributed by atoms with van der Waals surface area (Å²) in [5.74, 6) is 1.83. The summed E-state index contributed by atoms with van der Waals surface area (Å²) in [6.45, 7) is 0.818. The molecule has 1 aromatic heterocycles. The van der Waals surface area contributed by atoms with E-state index in [1.54, 1.807) is 0 Å². The van der Waals surface area contributed by atoms with Crippen LogP contribution in [-0.2, 0) is 0 Å². The third kappa shape index (κ3) is 2.37. The summed E-state index contributed by atoms with van der Waals surface area (Å²) >= 11 is 0. The van der Waals surface area contributed by atoms with Crippen molar-refractivity contribution in [2.75, 3.05) is 17.6 Å². The molecule has 0 saturated heterocycles. The van der Waals surface area contributed by atoms with Crippen molar-refractivity contribution < 1.29 is 9.90 Å². The predicted octanol–water partition coefficient (Wildman–Crippen LogP) is 2.21. The van der Waals surface area contributed by atoms with Gasteiger partial charge in [0.15, 0.2) is 0 Å². The quantitative estimate of drug-likeness (QED) is 0.773. The summed E-state index contributed by atoms with van der Waals surface area (Å²) < 4.78 is 0. The standard InChI is InChI=1S/C14H19N3O2/c15-11-5-12(14(18)19)13(17-7-11)16-6-10-4-8-1-2-9(10)3-8/h5,7-10H,1-4,6,15H2,(H,16,17)(H,18,19). The second-order valence-corrected chi connectivity index (χ2v) is 5.79. The number of aromatic carboxylic acids is 1. The Morgan fingerprint density at radius 2 is 2.32 bits per heavy atom. The number of nitrogens with one attached hydrogen (secondary N) is 1. The van der Waals surface area contributed by atoms with Crippen LogP contribution in [0.2, 0.25) is 0 Å². The molecule has 0 radical (unpaired) electrons. The third-order valence-electron chi connectivity index (χ3n) is 4.56. The number of nitrogen functional groups attached to an aromatic ring is 1. The van der Waals surface area contributed by atoms with Crippen molar-refractivity contribution in [2.24, 2.45) is 17.8 Å². The average molecular weight is 261 g/mol. The molecular formula is C14H19N3O2. The lowest BCUT2D eigenvalue weighted by atomic mass is 9.89. The molecule has 5 nitrogen and oxygen atoms in total. The smallest absolute Gasteiger partial charge is 0.339 e. The average Bonchev–Trinajstić information content (AvgIpc) is 2.99. The van der Waals surface area contributed by atoms with Crippen LogP contribution in [0.25, 0.3) is 0 Å². The van der Waals surface area contributed by atoms with Crippen LogP contribution in [0.3, 0.4) is 0 Å². The van der Waals surface area contributed by atoms with E-state index >= 15 is 0 Å². The Labute approximate surface area is 112 Å². The lowest BCUT2D eigenvalue weighted by molar-refractivity contribution is 0.0697. The molecule has 2 aliphatic carbocycles. The monoisotopic (exact) mass is 261 g/mol. The minimum atomic E-state index is -0.991. The van der Waals surface area contributed by atoms with Gasteiger partial charge in [0.2, 0.25) is 0 Å². The van der Waals surface area contributed by atoms with E-state index < -0.39 is 5.97 Å². The van der Waals surface area contributed by atoms with Crippen LogP contribution in [0.1, 0.15) is 36.0 Å². The molecule has 0 amide bonds. The van der Waals surface area contributed by atoms with Crippen molar-refractivity contribution >= 4 is 17.5 Å². The van der Waals surface area contributed by atoms with Gasteiger partial charge in [0, 0.05) is 6.54 Å². The SMILES string of the molecule is Nc1cnc(NCC2CC3CCC2C3)c(C(=O)O)c1. The molecule has 3 rings (SSSR count). The highest BCUT2D eigenvalue weighted by Gasteiger charge is 2.39. The van der Waals surface area contributed by atoms with E-state index in [4.69, 9.17) is 10.8 Å². The number of hydrogen-bond acceptors (Lipinski definition) is 4. The normalized spacial score (nSPS) is 28.5. The molecule has 2 bridgehead atoms. The molecule has 19 heavy (non-hydrogen) atoms. The molecule has 2 aliphatic rings. The van der Waals surface area contributed by atoms with Gasteiger partial charge in [-0.1, -0.05) is 6.42 Å². The van der Waals surface area contributed by atoms with E-state index in [9.17, 15) is 4.79 Å². The summed E-state index contributed by atoms with van der Waals surface area (Å²) in [4.78, 5) is 15.3. The summed E-state index contributed by atoms with van der Waals surface area (Å²) in [7, 11) is 0. The molecule has 0 aromatic carbocycles. The number of carboxylic acid groups (broad SMARTS) is 1. The second kappa shape index (κ2) is 4.72. The number of fused-ring (bicyclic) bond motifs is 2. The van der Waals surface area contributed by atoms with Crippen LogP contribution in [0.15, 0.2) is 12.3 Å². The van der Waals surface area contributed by atoms with E-state index in [-0.39, 0.29) is 5.56 Å². The molecule has 5 heteroatoms. The highest BCUT2D eigenvalue weighted by atomic mass is 16.4. The zero-order valence-corrected chi connectivity index (χ0v) is 10.8. The zero-order valence-electron chi connectivity index (χ0n) is 10.8. The van der Waals surface area contributed by atoms with E-state index in [1.807, 2.05) is 0 Å². The number of carboxylic acids is 1. The van der Waals surface area contributed by atoms with Crippen LogP contribution in [0.4, 0.5) is 11.5 Å². The topological polar surface area (TPSA) is 88.2 Å². The molecule has 1 aromatic rings. The van der Waals surface area contributed by atoms with Gasteiger partial charge >= 0.3 is 5.97 Å². The van der Waals surface area contributed by atoms with E-state index in [1.165, 1.54) is 37.9 Å². The summed E-state index contributed by atoms with van der Waals surface area (Å²) in [5, 5.41) is 12.4. The lowest BCUT2D eigenvalue weighted by Gasteiger charge is -2.22. The third-order valence-corrected chi connectivity index (χ3v) is 4.56. The van der Waals surface area contributed by atoms with Gasteiger partial charge in [0.25, 0.3) is 0 Å². The molecule has 3 atom stereocenters. The number of pyridine rings is 1. The van der Waals surface area contributed by atoms with Crippen molar-refractivity contribution in [1.82, 2.24) is 4.98 Å². The first kappa shape index (κ1) is 12.3. The Morgan fingerprint density at radius 1 is 1.47 bits per heavy atom. The van der Waals surface area contributed by atoms with Gasteiger partial charge in [-0.2, -0.15) is 0 Å². The molecule has 3 unspecified atom stereocenters. The largest absolute Gasteiger partial charge is 0.478 e. The van der Waals surface area contributed by atoms with Crippen molar-refractivity contribution in [3.8, 4) is 0 Å². The number of anilines is 2. The number of aromatic nitrogens is 1. The number of nitrogens with two attached hydrogens (primary N) is 1. The first-order valence-electron chi connectivity index (χ1n) is 6.86. The number of hydrogen-bond donors (Lipinski definition) is 3. The first-order chi connectivity index (χ1) is 9.13.